The zero-order valence-corrected chi connectivity index (χ0v) is 12.0. The van der Waals surface area contributed by atoms with Crippen LogP contribution in [0.3, 0.4) is 0 Å². The largest absolute Gasteiger partial charge is 0.497 e. The molecule has 1 aliphatic rings. The molecule has 2 nitrogen and oxygen atoms in total. The molecule has 1 aromatic rings. The van der Waals surface area contributed by atoms with Gasteiger partial charge < -0.3 is 9.47 Å². The molecule has 0 spiro atoms. The van der Waals surface area contributed by atoms with Gasteiger partial charge >= 0.3 is 0 Å². The normalized spacial score (nSPS) is 23.2. The number of rotatable bonds is 3. The number of hydrogen-bond acceptors (Lipinski definition) is 3. The van der Waals surface area contributed by atoms with E-state index in [4.69, 9.17) is 9.47 Å². The van der Waals surface area contributed by atoms with Crippen LogP contribution in [0.5, 0.6) is 5.75 Å². The summed E-state index contributed by atoms with van der Waals surface area (Å²) in [6.45, 7) is 5.39. The SMILES string of the molecule is COc1ccc(C=CC2OCCC(C)(C)S2)cc1. The van der Waals surface area contributed by atoms with Crippen LogP contribution < -0.4 is 4.74 Å². The van der Waals surface area contributed by atoms with Crippen LogP contribution in [0.25, 0.3) is 6.08 Å². The van der Waals surface area contributed by atoms with Gasteiger partial charge in [-0.05, 0) is 30.2 Å². The summed E-state index contributed by atoms with van der Waals surface area (Å²) in [4.78, 5) is 0. The Kier molecular flexibility index (Phi) is 4.36. The van der Waals surface area contributed by atoms with Crippen molar-refractivity contribution in [1.29, 1.82) is 0 Å². The zero-order valence-electron chi connectivity index (χ0n) is 11.2. The van der Waals surface area contributed by atoms with E-state index in [0.29, 0.717) is 4.75 Å². The average molecular weight is 264 g/mol. The molecule has 18 heavy (non-hydrogen) atoms. The summed E-state index contributed by atoms with van der Waals surface area (Å²) in [6, 6.07) is 8.04. The first kappa shape index (κ1) is 13.5. The molecule has 3 heteroatoms. The minimum absolute atomic E-state index is 0.163. The lowest BCUT2D eigenvalue weighted by molar-refractivity contribution is 0.119. The summed E-state index contributed by atoms with van der Waals surface area (Å²) in [7, 11) is 1.68. The first-order valence-corrected chi connectivity index (χ1v) is 7.09. The molecule has 1 atom stereocenters. The molecular weight excluding hydrogens is 244 g/mol. The molecule has 0 N–H and O–H groups in total. The molecule has 2 rings (SSSR count). The second-order valence-electron chi connectivity index (χ2n) is 5.00. The topological polar surface area (TPSA) is 18.5 Å². The lowest BCUT2D eigenvalue weighted by Gasteiger charge is -2.33. The highest BCUT2D eigenvalue weighted by Gasteiger charge is 2.27. The third-order valence-corrected chi connectivity index (χ3v) is 4.35. The van der Waals surface area contributed by atoms with Gasteiger partial charge in [-0.15, -0.1) is 11.8 Å². The van der Waals surface area contributed by atoms with E-state index in [1.165, 1.54) is 5.56 Å². The number of thioether (sulfide) groups is 1. The monoisotopic (exact) mass is 264 g/mol. The highest BCUT2D eigenvalue weighted by atomic mass is 32.2. The maximum atomic E-state index is 5.73. The van der Waals surface area contributed by atoms with E-state index in [1.807, 2.05) is 36.0 Å². The van der Waals surface area contributed by atoms with E-state index in [0.717, 1.165) is 18.8 Å². The lowest BCUT2D eigenvalue weighted by Crippen LogP contribution is -2.28. The van der Waals surface area contributed by atoms with Crippen molar-refractivity contribution in [3.8, 4) is 5.75 Å². The first-order valence-electron chi connectivity index (χ1n) is 6.21. The van der Waals surface area contributed by atoms with Crippen LogP contribution in [0, 0.1) is 0 Å². The minimum Gasteiger partial charge on any atom is -0.497 e. The van der Waals surface area contributed by atoms with Gasteiger partial charge in [0.25, 0.3) is 0 Å². The van der Waals surface area contributed by atoms with Crippen LogP contribution in [0.1, 0.15) is 25.8 Å². The van der Waals surface area contributed by atoms with Crippen molar-refractivity contribution >= 4 is 17.8 Å². The van der Waals surface area contributed by atoms with Gasteiger partial charge in [0.2, 0.25) is 0 Å². The maximum absolute atomic E-state index is 5.73. The molecular formula is C15H20O2S. The van der Waals surface area contributed by atoms with E-state index < -0.39 is 0 Å². The fourth-order valence-electron chi connectivity index (χ4n) is 1.83. The van der Waals surface area contributed by atoms with Crippen LogP contribution in [0.15, 0.2) is 30.3 Å². The van der Waals surface area contributed by atoms with E-state index in [1.54, 1.807) is 7.11 Å². The third kappa shape index (κ3) is 3.79. The van der Waals surface area contributed by atoms with Gasteiger partial charge in [0, 0.05) is 11.4 Å². The molecule has 0 aromatic heterocycles. The number of hydrogen-bond donors (Lipinski definition) is 0. The maximum Gasteiger partial charge on any atom is 0.122 e. The van der Waals surface area contributed by atoms with Crippen molar-refractivity contribution < 1.29 is 9.47 Å². The molecule has 1 heterocycles. The van der Waals surface area contributed by atoms with Crippen molar-refractivity contribution in [3.05, 3.63) is 35.9 Å². The predicted molar refractivity (Wildman–Crippen MR) is 78.1 cm³/mol. The van der Waals surface area contributed by atoms with Crippen molar-refractivity contribution in [2.24, 2.45) is 0 Å². The lowest BCUT2D eigenvalue weighted by atomic mass is 10.1. The number of methoxy groups -OCH3 is 1. The molecule has 0 radical (unpaired) electrons. The van der Waals surface area contributed by atoms with Gasteiger partial charge in [-0.2, -0.15) is 0 Å². The fourth-order valence-corrected chi connectivity index (χ4v) is 2.98. The van der Waals surface area contributed by atoms with Gasteiger partial charge in [-0.1, -0.05) is 32.1 Å². The van der Waals surface area contributed by atoms with E-state index >= 15 is 0 Å². The minimum atomic E-state index is 0.163. The zero-order chi connectivity index (χ0) is 13.0. The highest BCUT2D eigenvalue weighted by molar-refractivity contribution is 8.01. The quantitative estimate of drug-likeness (QED) is 0.823. The first-order chi connectivity index (χ1) is 8.59. The molecule has 1 saturated heterocycles. The van der Waals surface area contributed by atoms with E-state index in [-0.39, 0.29) is 5.44 Å². The Balaban J connectivity index is 1.97. The summed E-state index contributed by atoms with van der Waals surface area (Å²) in [5.41, 5.74) is 1.33. The summed E-state index contributed by atoms with van der Waals surface area (Å²) in [5, 5.41) is 0. The Morgan fingerprint density at radius 1 is 1.33 bits per heavy atom. The molecule has 1 fully saturated rings. The van der Waals surface area contributed by atoms with Crippen LogP contribution in [0.2, 0.25) is 0 Å². The van der Waals surface area contributed by atoms with Gasteiger partial charge in [0.15, 0.2) is 0 Å². The van der Waals surface area contributed by atoms with Crippen LogP contribution in [-0.2, 0) is 4.74 Å². The molecule has 0 aliphatic carbocycles. The van der Waals surface area contributed by atoms with E-state index in [2.05, 4.69) is 26.0 Å². The predicted octanol–water partition coefficient (Wildman–Crippen LogP) is 3.97. The molecule has 1 aliphatic heterocycles. The second-order valence-corrected chi connectivity index (χ2v) is 6.80. The summed E-state index contributed by atoms with van der Waals surface area (Å²) in [5.74, 6) is 0.886. The van der Waals surface area contributed by atoms with Crippen LogP contribution in [-0.4, -0.2) is 23.9 Å². The second kappa shape index (κ2) is 5.81. The highest BCUT2D eigenvalue weighted by Crippen LogP contribution is 2.37. The summed E-state index contributed by atoms with van der Waals surface area (Å²) < 4.78 is 11.2. The van der Waals surface area contributed by atoms with Gasteiger partial charge in [-0.3, -0.25) is 0 Å². The number of benzene rings is 1. The standard InChI is InChI=1S/C15H20O2S/c1-15(2)10-11-17-14(18-15)9-6-12-4-7-13(16-3)8-5-12/h4-9,14H,10-11H2,1-3H3. The molecule has 0 bridgehead atoms. The van der Waals surface area contributed by atoms with Crippen molar-refractivity contribution in [2.75, 3.05) is 13.7 Å². The molecule has 0 amide bonds. The van der Waals surface area contributed by atoms with Crippen molar-refractivity contribution in [2.45, 2.75) is 30.5 Å². The van der Waals surface area contributed by atoms with Crippen molar-refractivity contribution in [1.82, 2.24) is 0 Å². The van der Waals surface area contributed by atoms with E-state index in [9.17, 15) is 0 Å². The summed E-state index contributed by atoms with van der Waals surface area (Å²) >= 11 is 1.88. The Labute approximate surface area is 113 Å². The Morgan fingerprint density at radius 3 is 2.67 bits per heavy atom. The van der Waals surface area contributed by atoms with Crippen LogP contribution in [0.4, 0.5) is 0 Å². The molecule has 98 valence electrons. The van der Waals surface area contributed by atoms with Crippen LogP contribution >= 0.6 is 11.8 Å². The van der Waals surface area contributed by atoms with Gasteiger partial charge in [0.05, 0.1) is 7.11 Å². The summed E-state index contributed by atoms with van der Waals surface area (Å²) in [6.07, 6.45) is 5.36. The Bertz CT molecular complexity index is 409. The molecule has 1 aromatic carbocycles. The number of ether oxygens (including phenoxy) is 2. The Morgan fingerprint density at radius 2 is 2.06 bits per heavy atom. The smallest absolute Gasteiger partial charge is 0.122 e. The molecule has 1 unspecified atom stereocenters. The average Bonchev–Trinajstić information content (AvgIpc) is 2.36. The molecule has 0 saturated carbocycles. The fraction of sp³-hybridized carbons (Fsp3) is 0.467. The Hall–Kier alpha value is -0.930. The van der Waals surface area contributed by atoms with Gasteiger partial charge in [-0.25, -0.2) is 0 Å². The van der Waals surface area contributed by atoms with Crippen molar-refractivity contribution in [3.63, 3.8) is 0 Å². The van der Waals surface area contributed by atoms with Gasteiger partial charge in [0.1, 0.15) is 11.2 Å². The third-order valence-electron chi connectivity index (χ3n) is 2.98.